The van der Waals surface area contributed by atoms with E-state index in [0.717, 1.165) is 5.56 Å². The molecule has 0 aliphatic carbocycles. The smallest absolute Gasteiger partial charge is 0.251 e. The van der Waals surface area contributed by atoms with Crippen LogP contribution >= 0.6 is 23.2 Å². The number of anilines is 1. The number of halogens is 2. The molecule has 0 aliphatic heterocycles. The maximum atomic E-state index is 13.1. The molecule has 158 valence electrons. The molecule has 31 heavy (non-hydrogen) atoms. The molecule has 2 aromatic carbocycles. The second-order valence-corrected chi connectivity index (χ2v) is 7.34. The van der Waals surface area contributed by atoms with Crippen LogP contribution in [0.1, 0.15) is 33.0 Å². The van der Waals surface area contributed by atoms with Crippen LogP contribution in [0.5, 0.6) is 0 Å². The molecule has 1 aromatic heterocycles. The highest BCUT2D eigenvalue weighted by Gasteiger charge is 2.22. The molecule has 0 spiro atoms. The van der Waals surface area contributed by atoms with Gasteiger partial charge >= 0.3 is 0 Å². The number of nitrogens with one attached hydrogen (secondary N) is 1. The van der Waals surface area contributed by atoms with E-state index in [-0.39, 0.29) is 18.3 Å². The number of nitrogens with zero attached hydrogens (tertiary/aromatic N) is 3. The molecule has 3 aromatic rings. The third-order valence-electron chi connectivity index (χ3n) is 4.42. The van der Waals surface area contributed by atoms with E-state index in [2.05, 4.69) is 15.3 Å². The zero-order chi connectivity index (χ0) is 22.4. The van der Waals surface area contributed by atoms with Gasteiger partial charge in [-0.2, -0.15) is 0 Å². The van der Waals surface area contributed by atoms with Crippen molar-refractivity contribution in [2.45, 2.75) is 13.0 Å². The number of carbonyl (C=O) groups excluding carboxylic acids is 3. The SMILES string of the molecule is CNC(=O)c1ccc(N(Cc2ccc(Cl)c(Cl)c2)C(=O)CC(=O)c2ncccn2)cc1. The fraction of sp³-hybridized carbons (Fsp3) is 0.136. The summed E-state index contributed by atoms with van der Waals surface area (Å²) < 4.78 is 0. The average molecular weight is 457 g/mol. The molecule has 0 atom stereocenters. The summed E-state index contributed by atoms with van der Waals surface area (Å²) in [7, 11) is 1.54. The van der Waals surface area contributed by atoms with E-state index in [4.69, 9.17) is 23.2 Å². The molecular weight excluding hydrogens is 439 g/mol. The number of aromatic nitrogens is 2. The third kappa shape index (κ3) is 5.65. The monoisotopic (exact) mass is 456 g/mol. The highest BCUT2D eigenvalue weighted by atomic mass is 35.5. The molecule has 7 nitrogen and oxygen atoms in total. The summed E-state index contributed by atoms with van der Waals surface area (Å²) in [6, 6.07) is 13.1. The second-order valence-electron chi connectivity index (χ2n) is 6.53. The van der Waals surface area contributed by atoms with E-state index >= 15 is 0 Å². The Hall–Kier alpha value is -3.29. The van der Waals surface area contributed by atoms with Gasteiger partial charge in [0.25, 0.3) is 5.91 Å². The Labute approximate surface area is 189 Å². The Balaban J connectivity index is 1.89. The van der Waals surface area contributed by atoms with Gasteiger partial charge in [0.1, 0.15) is 0 Å². The molecule has 2 amide bonds. The van der Waals surface area contributed by atoms with Crippen LogP contribution in [0.3, 0.4) is 0 Å². The van der Waals surface area contributed by atoms with Crippen molar-refractivity contribution in [3.63, 3.8) is 0 Å². The lowest BCUT2D eigenvalue weighted by molar-refractivity contribution is -0.117. The maximum absolute atomic E-state index is 13.1. The molecule has 3 rings (SSSR count). The number of Topliss-reactive ketones (excluding diaryl/α,β-unsaturated/α-hetero) is 1. The van der Waals surface area contributed by atoms with Gasteiger partial charge in [-0.1, -0.05) is 29.3 Å². The average Bonchev–Trinajstić information content (AvgIpc) is 2.79. The van der Waals surface area contributed by atoms with E-state index in [9.17, 15) is 14.4 Å². The predicted octanol–water partition coefficient (Wildman–Crippen LogP) is 3.95. The summed E-state index contributed by atoms with van der Waals surface area (Å²) >= 11 is 12.1. The molecule has 9 heteroatoms. The molecule has 0 fully saturated rings. The lowest BCUT2D eigenvalue weighted by Crippen LogP contribution is -2.32. The fourth-order valence-corrected chi connectivity index (χ4v) is 3.16. The summed E-state index contributed by atoms with van der Waals surface area (Å²) in [5, 5.41) is 3.30. The standard InChI is InChI=1S/C22H18Cl2N4O3/c1-25-22(31)15-4-6-16(7-5-15)28(13-14-3-8-17(23)18(24)11-14)20(30)12-19(29)21-26-9-2-10-27-21/h2-11H,12-13H2,1H3,(H,25,31). The Kier molecular flexibility index (Phi) is 7.33. The van der Waals surface area contributed by atoms with Gasteiger partial charge in [0.05, 0.1) is 23.0 Å². The van der Waals surface area contributed by atoms with Crippen LogP contribution in [0.2, 0.25) is 10.0 Å². The molecule has 1 N–H and O–H groups in total. The highest BCUT2D eigenvalue weighted by Crippen LogP contribution is 2.25. The number of benzene rings is 2. The number of carbonyl (C=O) groups is 3. The van der Waals surface area contributed by atoms with Gasteiger partial charge < -0.3 is 10.2 Å². The molecule has 0 aliphatic rings. The van der Waals surface area contributed by atoms with Gasteiger partial charge in [-0.25, -0.2) is 9.97 Å². The van der Waals surface area contributed by atoms with Gasteiger partial charge in [0.15, 0.2) is 5.82 Å². The summed E-state index contributed by atoms with van der Waals surface area (Å²) in [4.78, 5) is 46.6. The van der Waals surface area contributed by atoms with Crippen LogP contribution in [0.15, 0.2) is 60.9 Å². The minimum Gasteiger partial charge on any atom is -0.355 e. The molecule has 0 saturated heterocycles. The van der Waals surface area contributed by atoms with Crippen molar-refractivity contribution in [1.29, 1.82) is 0 Å². The minimum atomic E-state index is -0.494. The summed E-state index contributed by atoms with van der Waals surface area (Å²) in [6.07, 6.45) is 2.47. The normalized spacial score (nSPS) is 10.4. The topological polar surface area (TPSA) is 92.3 Å². The number of ketones is 1. The van der Waals surface area contributed by atoms with Gasteiger partial charge in [0, 0.05) is 30.7 Å². The Morgan fingerprint density at radius 1 is 0.968 bits per heavy atom. The quantitative estimate of drug-likeness (QED) is 0.429. The van der Waals surface area contributed by atoms with E-state index in [0.29, 0.717) is 21.3 Å². The van der Waals surface area contributed by atoms with Crippen molar-refractivity contribution in [2.24, 2.45) is 0 Å². The van der Waals surface area contributed by atoms with E-state index in [1.165, 1.54) is 24.3 Å². The first-order valence-corrected chi connectivity index (χ1v) is 10.0. The maximum Gasteiger partial charge on any atom is 0.251 e. The first kappa shape index (κ1) is 22.4. The van der Waals surface area contributed by atoms with Crippen LogP contribution < -0.4 is 10.2 Å². The zero-order valence-corrected chi connectivity index (χ0v) is 18.0. The van der Waals surface area contributed by atoms with Crippen molar-refractivity contribution < 1.29 is 14.4 Å². The van der Waals surface area contributed by atoms with Crippen LogP contribution in [-0.2, 0) is 11.3 Å². The van der Waals surface area contributed by atoms with Crippen molar-refractivity contribution in [2.75, 3.05) is 11.9 Å². The van der Waals surface area contributed by atoms with Crippen LogP contribution in [0.4, 0.5) is 5.69 Å². The number of hydrogen-bond acceptors (Lipinski definition) is 5. The van der Waals surface area contributed by atoms with E-state index < -0.39 is 18.1 Å². The van der Waals surface area contributed by atoms with Crippen LogP contribution in [0.25, 0.3) is 0 Å². The number of amides is 2. The van der Waals surface area contributed by atoms with Gasteiger partial charge in [-0.15, -0.1) is 0 Å². The second kappa shape index (κ2) is 10.1. The highest BCUT2D eigenvalue weighted by molar-refractivity contribution is 6.42. The van der Waals surface area contributed by atoms with Crippen molar-refractivity contribution in [3.8, 4) is 0 Å². The van der Waals surface area contributed by atoms with Crippen LogP contribution in [0, 0.1) is 0 Å². The Bertz CT molecular complexity index is 1110. The van der Waals surface area contributed by atoms with E-state index in [1.54, 1.807) is 48.5 Å². The zero-order valence-electron chi connectivity index (χ0n) is 16.5. The Morgan fingerprint density at radius 3 is 2.26 bits per heavy atom. The molecule has 0 bridgehead atoms. The van der Waals surface area contributed by atoms with Crippen molar-refractivity contribution in [1.82, 2.24) is 15.3 Å². The van der Waals surface area contributed by atoms with E-state index in [1.807, 2.05) is 0 Å². The molecule has 0 radical (unpaired) electrons. The van der Waals surface area contributed by atoms with Gasteiger partial charge in [-0.3, -0.25) is 14.4 Å². The number of hydrogen-bond donors (Lipinski definition) is 1. The predicted molar refractivity (Wildman–Crippen MR) is 118 cm³/mol. The summed E-state index contributed by atoms with van der Waals surface area (Å²) in [5.74, 6) is -1.21. The third-order valence-corrected chi connectivity index (χ3v) is 5.16. The van der Waals surface area contributed by atoms with Crippen molar-refractivity contribution in [3.05, 3.63) is 87.9 Å². The summed E-state index contributed by atoms with van der Waals surface area (Å²) in [6.45, 7) is 0.151. The first-order chi connectivity index (χ1) is 14.9. The molecular formula is C22H18Cl2N4O3. The lowest BCUT2D eigenvalue weighted by atomic mass is 10.1. The van der Waals surface area contributed by atoms with Gasteiger partial charge in [0.2, 0.25) is 11.7 Å². The first-order valence-electron chi connectivity index (χ1n) is 9.25. The van der Waals surface area contributed by atoms with Crippen LogP contribution in [-0.4, -0.2) is 34.6 Å². The van der Waals surface area contributed by atoms with Gasteiger partial charge in [-0.05, 0) is 48.0 Å². The molecule has 0 saturated carbocycles. The fourth-order valence-electron chi connectivity index (χ4n) is 2.84. The largest absolute Gasteiger partial charge is 0.355 e. The minimum absolute atomic E-state index is 0.0275. The van der Waals surface area contributed by atoms with Crippen molar-refractivity contribution >= 4 is 46.5 Å². The summed E-state index contributed by atoms with van der Waals surface area (Å²) in [5.41, 5.74) is 1.69. The molecule has 0 unspecified atom stereocenters. The number of rotatable bonds is 7. The Morgan fingerprint density at radius 2 is 1.65 bits per heavy atom. The lowest BCUT2D eigenvalue weighted by Gasteiger charge is -2.23. The molecule has 1 heterocycles.